The fraction of sp³-hybridized carbons (Fsp3) is 0.857. The summed E-state index contributed by atoms with van der Waals surface area (Å²) in [7, 11) is 1.28. The lowest BCUT2D eigenvalue weighted by Gasteiger charge is -2.38. The number of nitrogens with zero attached hydrogens (tertiary/aromatic N) is 1. The maximum atomic E-state index is 12.2. The molecule has 0 radical (unpaired) electrons. The Morgan fingerprint density at radius 3 is 2.55 bits per heavy atom. The van der Waals surface area contributed by atoms with Crippen LogP contribution in [0.25, 0.3) is 0 Å². The van der Waals surface area contributed by atoms with E-state index in [2.05, 4.69) is 4.74 Å². The second-order valence-electron chi connectivity index (χ2n) is 6.08. The molecule has 1 rings (SSSR count). The highest BCUT2D eigenvalue weighted by atomic mass is 16.6. The molecule has 6 nitrogen and oxygen atoms in total. The van der Waals surface area contributed by atoms with E-state index in [9.17, 15) is 14.7 Å². The topological polar surface area (TPSA) is 76.1 Å². The average molecular weight is 287 g/mol. The van der Waals surface area contributed by atoms with Gasteiger partial charge in [0.15, 0.2) is 0 Å². The van der Waals surface area contributed by atoms with Crippen LogP contribution >= 0.6 is 0 Å². The molecule has 0 saturated carbocycles. The van der Waals surface area contributed by atoms with Gasteiger partial charge in [0.2, 0.25) is 0 Å². The number of aliphatic hydroxyl groups excluding tert-OH is 1. The number of methoxy groups -OCH3 is 1. The fourth-order valence-electron chi connectivity index (χ4n) is 2.29. The van der Waals surface area contributed by atoms with E-state index < -0.39 is 29.8 Å². The molecule has 1 aliphatic rings. The first-order chi connectivity index (χ1) is 9.24. The number of hydrogen-bond donors (Lipinski definition) is 1. The minimum atomic E-state index is -0.921. The zero-order chi connectivity index (χ0) is 15.3. The molecule has 1 heterocycles. The van der Waals surface area contributed by atoms with Gasteiger partial charge in [-0.3, -0.25) is 4.79 Å². The van der Waals surface area contributed by atoms with Crippen LogP contribution in [0, 0.1) is 0 Å². The molecule has 0 aliphatic carbocycles. The summed E-state index contributed by atoms with van der Waals surface area (Å²) < 4.78 is 9.90. The number of amides is 1. The molecule has 116 valence electrons. The van der Waals surface area contributed by atoms with Crippen molar-refractivity contribution in [1.82, 2.24) is 4.90 Å². The molecule has 1 N–H and O–H groups in total. The van der Waals surface area contributed by atoms with Crippen molar-refractivity contribution >= 4 is 12.1 Å². The smallest absolute Gasteiger partial charge is 0.410 e. The van der Waals surface area contributed by atoms with Gasteiger partial charge in [0.05, 0.1) is 25.7 Å². The summed E-state index contributed by atoms with van der Waals surface area (Å²) in [6.45, 7) is 5.94. The number of likely N-dealkylation sites (tertiary alicyclic amines) is 1. The maximum absolute atomic E-state index is 12.2. The van der Waals surface area contributed by atoms with Crippen molar-refractivity contribution in [1.29, 1.82) is 0 Å². The molecule has 2 unspecified atom stereocenters. The van der Waals surface area contributed by atoms with Gasteiger partial charge in [0.25, 0.3) is 0 Å². The molecule has 1 saturated heterocycles. The Morgan fingerprint density at radius 2 is 2.00 bits per heavy atom. The molecule has 0 aromatic rings. The predicted molar refractivity (Wildman–Crippen MR) is 73.2 cm³/mol. The molecule has 6 heteroatoms. The SMILES string of the molecule is COC(=O)CC(O)C1CCCCN1C(=O)OC(C)(C)C. The molecule has 0 spiro atoms. The van der Waals surface area contributed by atoms with Crippen LogP contribution < -0.4 is 0 Å². The lowest BCUT2D eigenvalue weighted by atomic mass is 9.96. The van der Waals surface area contributed by atoms with Crippen LogP contribution in [0.3, 0.4) is 0 Å². The van der Waals surface area contributed by atoms with E-state index in [1.54, 1.807) is 20.8 Å². The Labute approximate surface area is 120 Å². The zero-order valence-electron chi connectivity index (χ0n) is 12.7. The highest BCUT2D eigenvalue weighted by molar-refractivity contribution is 5.71. The summed E-state index contributed by atoms with van der Waals surface area (Å²) >= 11 is 0. The van der Waals surface area contributed by atoms with Crippen LogP contribution in [0.5, 0.6) is 0 Å². The number of carbonyl (C=O) groups is 2. The van der Waals surface area contributed by atoms with Crippen LogP contribution in [-0.4, -0.2) is 53.5 Å². The number of piperidine rings is 1. The van der Waals surface area contributed by atoms with E-state index in [0.717, 1.165) is 12.8 Å². The number of esters is 1. The molecule has 1 amide bonds. The van der Waals surface area contributed by atoms with Gasteiger partial charge in [-0.2, -0.15) is 0 Å². The van der Waals surface area contributed by atoms with Gasteiger partial charge in [-0.1, -0.05) is 0 Å². The Bertz CT molecular complexity index is 350. The highest BCUT2D eigenvalue weighted by Crippen LogP contribution is 2.24. The highest BCUT2D eigenvalue weighted by Gasteiger charge is 2.35. The van der Waals surface area contributed by atoms with Crippen molar-refractivity contribution in [2.75, 3.05) is 13.7 Å². The van der Waals surface area contributed by atoms with E-state index >= 15 is 0 Å². The third kappa shape index (κ3) is 5.00. The summed E-state index contributed by atoms with van der Waals surface area (Å²) in [4.78, 5) is 24.9. The molecule has 1 aliphatic heterocycles. The van der Waals surface area contributed by atoms with Crippen LogP contribution in [0.1, 0.15) is 46.5 Å². The minimum absolute atomic E-state index is 0.111. The molecule has 1 fully saturated rings. The summed E-state index contributed by atoms with van der Waals surface area (Å²) in [5.74, 6) is -0.479. The Kier molecular flexibility index (Phi) is 5.80. The number of hydrogen-bond acceptors (Lipinski definition) is 5. The lowest BCUT2D eigenvalue weighted by molar-refractivity contribution is -0.144. The molecule has 0 aromatic carbocycles. The van der Waals surface area contributed by atoms with Crippen molar-refractivity contribution in [3.05, 3.63) is 0 Å². The third-order valence-corrected chi connectivity index (χ3v) is 3.22. The Balaban J connectivity index is 2.70. The second kappa shape index (κ2) is 6.92. The monoisotopic (exact) mass is 287 g/mol. The molecule has 20 heavy (non-hydrogen) atoms. The van der Waals surface area contributed by atoms with Crippen LogP contribution in [0.15, 0.2) is 0 Å². The van der Waals surface area contributed by atoms with E-state index in [1.807, 2.05) is 0 Å². The second-order valence-corrected chi connectivity index (χ2v) is 6.08. The first kappa shape index (κ1) is 16.8. The van der Waals surface area contributed by atoms with E-state index in [4.69, 9.17) is 4.74 Å². The standard InChI is InChI=1S/C14H25NO5/c1-14(2,3)20-13(18)15-8-6-5-7-10(15)11(16)9-12(17)19-4/h10-11,16H,5-9H2,1-4H3. The van der Waals surface area contributed by atoms with Crippen molar-refractivity contribution < 1.29 is 24.2 Å². The van der Waals surface area contributed by atoms with Gasteiger partial charge in [0, 0.05) is 6.54 Å². The summed E-state index contributed by atoms with van der Waals surface area (Å²) in [6.07, 6.45) is 0.988. The average Bonchev–Trinajstić information content (AvgIpc) is 2.36. The van der Waals surface area contributed by atoms with Crippen molar-refractivity contribution in [2.24, 2.45) is 0 Å². The number of carbonyl (C=O) groups excluding carboxylic acids is 2. The van der Waals surface area contributed by atoms with Gasteiger partial charge >= 0.3 is 12.1 Å². The number of ether oxygens (including phenoxy) is 2. The molecule has 0 bridgehead atoms. The van der Waals surface area contributed by atoms with Crippen molar-refractivity contribution in [3.8, 4) is 0 Å². The first-order valence-electron chi connectivity index (χ1n) is 6.99. The van der Waals surface area contributed by atoms with Gasteiger partial charge in [-0.25, -0.2) is 4.79 Å². The van der Waals surface area contributed by atoms with E-state index in [-0.39, 0.29) is 6.42 Å². The molecule has 2 atom stereocenters. The van der Waals surface area contributed by atoms with Crippen molar-refractivity contribution in [3.63, 3.8) is 0 Å². The van der Waals surface area contributed by atoms with Gasteiger partial charge in [0.1, 0.15) is 5.60 Å². The quantitative estimate of drug-likeness (QED) is 0.800. The van der Waals surface area contributed by atoms with Crippen LogP contribution in [-0.2, 0) is 14.3 Å². The lowest BCUT2D eigenvalue weighted by Crippen LogP contribution is -2.51. The normalized spacial score (nSPS) is 21.2. The van der Waals surface area contributed by atoms with Crippen LogP contribution in [0.4, 0.5) is 4.79 Å². The minimum Gasteiger partial charge on any atom is -0.469 e. The van der Waals surface area contributed by atoms with Gasteiger partial charge in [-0.15, -0.1) is 0 Å². The van der Waals surface area contributed by atoms with Crippen LogP contribution in [0.2, 0.25) is 0 Å². The molecule has 0 aromatic heterocycles. The summed E-state index contributed by atoms with van der Waals surface area (Å²) in [6, 6.07) is -0.391. The largest absolute Gasteiger partial charge is 0.469 e. The Morgan fingerprint density at radius 1 is 1.35 bits per heavy atom. The molecular formula is C14H25NO5. The maximum Gasteiger partial charge on any atom is 0.410 e. The first-order valence-corrected chi connectivity index (χ1v) is 6.99. The van der Waals surface area contributed by atoms with Gasteiger partial charge < -0.3 is 19.5 Å². The zero-order valence-corrected chi connectivity index (χ0v) is 12.7. The number of aliphatic hydroxyl groups is 1. The number of rotatable bonds is 3. The predicted octanol–water partition coefficient (Wildman–Crippen LogP) is 1.70. The van der Waals surface area contributed by atoms with Gasteiger partial charge in [-0.05, 0) is 40.0 Å². The Hall–Kier alpha value is -1.30. The van der Waals surface area contributed by atoms with E-state index in [0.29, 0.717) is 13.0 Å². The third-order valence-electron chi connectivity index (χ3n) is 3.22. The fourth-order valence-corrected chi connectivity index (χ4v) is 2.29. The summed E-state index contributed by atoms with van der Waals surface area (Å²) in [5, 5.41) is 10.1. The van der Waals surface area contributed by atoms with Crippen molar-refractivity contribution in [2.45, 2.75) is 64.2 Å². The molecular weight excluding hydrogens is 262 g/mol. The van der Waals surface area contributed by atoms with E-state index in [1.165, 1.54) is 12.0 Å². The summed E-state index contributed by atoms with van der Waals surface area (Å²) in [5.41, 5.74) is -0.577.